The largest absolute Gasteiger partial charge is 0.312 e. The number of thioether (sulfide) groups is 1. The molecule has 16 heavy (non-hydrogen) atoms. The number of hydrogen-bond donors (Lipinski definition) is 0. The summed E-state index contributed by atoms with van der Waals surface area (Å²) in [6.07, 6.45) is 6.33. The average Bonchev–Trinajstić information content (AvgIpc) is 2.75. The van der Waals surface area contributed by atoms with Crippen LogP contribution in [0.25, 0.3) is 0 Å². The van der Waals surface area contributed by atoms with Gasteiger partial charge in [0, 0.05) is 24.1 Å². The van der Waals surface area contributed by atoms with Crippen LogP contribution >= 0.6 is 11.8 Å². The molecule has 0 amide bonds. The van der Waals surface area contributed by atoms with Gasteiger partial charge in [0.05, 0.1) is 0 Å². The van der Waals surface area contributed by atoms with E-state index in [0.717, 1.165) is 6.42 Å². The Bertz CT molecular complexity index is 368. The molecule has 1 aromatic rings. The second-order valence-electron chi connectivity index (χ2n) is 5.00. The Morgan fingerprint density at radius 2 is 2.19 bits per heavy atom. The molecule has 3 heterocycles. The first-order valence-electron chi connectivity index (χ1n) is 6.37. The summed E-state index contributed by atoms with van der Waals surface area (Å²) in [4.78, 5) is 0. The third kappa shape index (κ3) is 1.77. The topological polar surface area (TPSA) is 30.7 Å². The quantitative estimate of drug-likeness (QED) is 0.752. The molecule has 0 saturated carbocycles. The van der Waals surface area contributed by atoms with Gasteiger partial charge in [0.25, 0.3) is 0 Å². The van der Waals surface area contributed by atoms with Crippen LogP contribution in [0.3, 0.4) is 0 Å². The van der Waals surface area contributed by atoms with E-state index in [1.165, 1.54) is 48.8 Å². The summed E-state index contributed by atoms with van der Waals surface area (Å²) in [7, 11) is 0. The van der Waals surface area contributed by atoms with Crippen molar-refractivity contribution in [1.82, 2.24) is 14.8 Å². The lowest BCUT2D eigenvalue weighted by Crippen LogP contribution is -2.21. The highest BCUT2D eigenvalue weighted by molar-refractivity contribution is 7.99. The fourth-order valence-electron chi connectivity index (χ4n) is 2.90. The van der Waals surface area contributed by atoms with Crippen molar-refractivity contribution in [1.29, 1.82) is 0 Å². The van der Waals surface area contributed by atoms with Crippen LogP contribution in [0.5, 0.6) is 0 Å². The molecule has 4 heteroatoms. The van der Waals surface area contributed by atoms with Crippen LogP contribution < -0.4 is 0 Å². The van der Waals surface area contributed by atoms with Crippen LogP contribution in [0.1, 0.15) is 56.2 Å². The molecule has 2 unspecified atom stereocenters. The molecule has 2 atom stereocenters. The van der Waals surface area contributed by atoms with Gasteiger partial charge in [0.2, 0.25) is 0 Å². The fourth-order valence-corrected chi connectivity index (χ4v) is 4.03. The fraction of sp³-hybridized carbons (Fsp3) is 0.833. The summed E-state index contributed by atoms with van der Waals surface area (Å²) in [5, 5.41) is 8.86. The number of aryl methyl sites for hydroxylation is 1. The summed E-state index contributed by atoms with van der Waals surface area (Å²) in [6.45, 7) is 2.31. The monoisotopic (exact) mass is 237 g/mol. The smallest absolute Gasteiger partial charge is 0.137 e. The van der Waals surface area contributed by atoms with Gasteiger partial charge in [0.1, 0.15) is 11.6 Å². The Kier molecular flexibility index (Phi) is 2.92. The molecule has 3 rings (SSSR count). The van der Waals surface area contributed by atoms with Crippen molar-refractivity contribution in [3.05, 3.63) is 11.6 Å². The molecule has 2 aliphatic heterocycles. The SMILES string of the molecule is CC1CCCc2nnc(C3CCCSC3)n21. The Hall–Kier alpha value is -0.510. The molecule has 0 aliphatic carbocycles. The zero-order valence-electron chi connectivity index (χ0n) is 9.85. The summed E-state index contributed by atoms with van der Waals surface area (Å²) >= 11 is 2.07. The van der Waals surface area contributed by atoms with Gasteiger partial charge >= 0.3 is 0 Å². The maximum Gasteiger partial charge on any atom is 0.137 e. The summed E-state index contributed by atoms with van der Waals surface area (Å²) < 4.78 is 2.43. The maximum absolute atomic E-state index is 4.47. The maximum atomic E-state index is 4.47. The highest BCUT2D eigenvalue weighted by Crippen LogP contribution is 2.34. The molecule has 88 valence electrons. The normalized spacial score (nSPS) is 30.1. The lowest BCUT2D eigenvalue weighted by molar-refractivity contribution is 0.403. The van der Waals surface area contributed by atoms with Crippen molar-refractivity contribution in [3.63, 3.8) is 0 Å². The summed E-state index contributed by atoms with van der Waals surface area (Å²) in [5.41, 5.74) is 0. The minimum Gasteiger partial charge on any atom is -0.312 e. The van der Waals surface area contributed by atoms with Crippen molar-refractivity contribution in [3.8, 4) is 0 Å². The van der Waals surface area contributed by atoms with Gasteiger partial charge in [-0.2, -0.15) is 11.8 Å². The zero-order chi connectivity index (χ0) is 11.0. The van der Waals surface area contributed by atoms with E-state index in [-0.39, 0.29) is 0 Å². The molecule has 0 bridgehead atoms. The first-order valence-corrected chi connectivity index (χ1v) is 7.53. The molecule has 1 saturated heterocycles. The number of rotatable bonds is 1. The van der Waals surface area contributed by atoms with Crippen LogP contribution in [-0.4, -0.2) is 26.3 Å². The van der Waals surface area contributed by atoms with Gasteiger partial charge in [-0.1, -0.05) is 0 Å². The Morgan fingerprint density at radius 1 is 1.25 bits per heavy atom. The Morgan fingerprint density at radius 3 is 3.00 bits per heavy atom. The van der Waals surface area contributed by atoms with Crippen LogP contribution in [-0.2, 0) is 6.42 Å². The lowest BCUT2D eigenvalue weighted by Gasteiger charge is -2.27. The van der Waals surface area contributed by atoms with Gasteiger partial charge in [-0.25, -0.2) is 0 Å². The van der Waals surface area contributed by atoms with E-state index >= 15 is 0 Å². The van der Waals surface area contributed by atoms with Crippen molar-refractivity contribution in [2.45, 2.75) is 51.0 Å². The predicted octanol–water partition coefficient (Wildman–Crippen LogP) is 2.79. The summed E-state index contributed by atoms with van der Waals surface area (Å²) in [6, 6.07) is 0.612. The average molecular weight is 237 g/mol. The van der Waals surface area contributed by atoms with Crippen molar-refractivity contribution in [2.24, 2.45) is 0 Å². The van der Waals surface area contributed by atoms with Crippen LogP contribution in [0.2, 0.25) is 0 Å². The molecular formula is C12H19N3S. The second-order valence-corrected chi connectivity index (χ2v) is 6.15. The first kappa shape index (κ1) is 10.6. The molecule has 0 N–H and O–H groups in total. The Labute approximate surface area is 101 Å². The van der Waals surface area contributed by atoms with E-state index in [0.29, 0.717) is 12.0 Å². The van der Waals surface area contributed by atoms with Gasteiger partial charge in [0.15, 0.2) is 0 Å². The predicted molar refractivity (Wildman–Crippen MR) is 67.0 cm³/mol. The zero-order valence-corrected chi connectivity index (χ0v) is 10.7. The minimum absolute atomic E-state index is 0.612. The van der Waals surface area contributed by atoms with Crippen molar-refractivity contribution >= 4 is 11.8 Å². The molecule has 1 aromatic heterocycles. The molecular weight excluding hydrogens is 218 g/mol. The Balaban J connectivity index is 1.91. The molecule has 1 fully saturated rings. The third-order valence-electron chi connectivity index (χ3n) is 3.78. The number of hydrogen-bond acceptors (Lipinski definition) is 3. The number of nitrogens with zero attached hydrogens (tertiary/aromatic N) is 3. The standard InChI is InChI=1S/C12H19N3S/c1-9-4-2-6-11-13-14-12(15(9)11)10-5-3-7-16-8-10/h9-10H,2-8H2,1H3. The molecule has 0 spiro atoms. The van der Waals surface area contributed by atoms with Crippen LogP contribution in [0, 0.1) is 0 Å². The molecule has 0 radical (unpaired) electrons. The van der Waals surface area contributed by atoms with E-state index in [1.54, 1.807) is 0 Å². The summed E-state index contributed by atoms with van der Waals surface area (Å²) in [5.74, 6) is 5.72. The van der Waals surface area contributed by atoms with Gasteiger partial charge in [-0.3, -0.25) is 0 Å². The van der Waals surface area contributed by atoms with E-state index in [2.05, 4.69) is 33.5 Å². The van der Waals surface area contributed by atoms with Gasteiger partial charge in [-0.15, -0.1) is 10.2 Å². The number of fused-ring (bicyclic) bond motifs is 1. The van der Waals surface area contributed by atoms with Crippen LogP contribution in [0.4, 0.5) is 0 Å². The van der Waals surface area contributed by atoms with E-state index in [1.807, 2.05) is 0 Å². The van der Waals surface area contributed by atoms with E-state index < -0.39 is 0 Å². The minimum atomic E-state index is 0.612. The second kappa shape index (κ2) is 4.40. The molecule has 3 nitrogen and oxygen atoms in total. The van der Waals surface area contributed by atoms with E-state index in [4.69, 9.17) is 0 Å². The first-order chi connectivity index (χ1) is 7.86. The van der Waals surface area contributed by atoms with Gasteiger partial charge < -0.3 is 4.57 Å². The van der Waals surface area contributed by atoms with Crippen molar-refractivity contribution < 1.29 is 0 Å². The van der Waals surface area contributed by atoms with Gasteiger partial charge in [-0.05, 0) is 38.4 Å². The molecule has 2 aliphatic rings. The highest BCUT2D eigenvalue weighted by atomic mass is 32.2. The third-order valence-corrected chi connectivity index (χ3v) is 5.00. The van der Waals surface area contributed by atoms with Crippen molar-refractivity contribution in [2.75, 3.05) is 11.5 Å². The lowest BCUT2D eigenvalue weighted by atomic mass is 10.0. The molecule has 0 aromatic carbocycles. The highest BCUT2D eigenvalue weighted by Gasteiger charge is 2.27. The van der Waals surface area contributed by atoms with E-state index in [9.17, 15) is 0 Å². The number of aromatic nitrogens is 3. The van der Waals surface area contributed by atoms with Crippen LogP contribution in [0.15, 0.2) is 0 Å².